The van der Waals surface area contributed by atoms with Gasteiger partial charge in [-0.05, 0) is 41.8 Å². The maximum absolute atomic E-state index is 13.3. The van der Waals surface area contributed by atoms with Crippen molar-refractivity contribution in [2.24, 2.45) is 0 Å². The van der Waals surface area contributed by atoms with Gasteiger partial charge in [-0.1, -0.05) is 0 Å². The Bertz CT molecular complexity index is 589. The first-order valence-corrected chi connectivity index (χ1v) is 6.14. The number of benzene rings is 1. The number of aromatic hydroxyl groups is 1. The van der Waals surface area contributed by atoms with Crippen LogP contribution in [-0.2, 0) is 13.0 Å². The van der Waals surface area contributed by atoms with Gasteiger partial charge < -0.3 is 10.5 Å². The number of hydrogen-bond donors (Lipinski definition) is 2. The first-order chi connectivity index (χ1) is 9.22. The van der Waals surface area contributed by atoms with Gasteiger partial charge in [-0.15, -0.1) is 0 Å². The number of fused-ring (bicyclic) bond motifs is 1. The predicted molar refractivity (Wildman–Crippen MR) is 70.0 cm³/mol. The molecule has 0 saturated heterocycles. The van der Waals surface area contributed by atoms with Crippen molar-refractivity contribution in [2.45, 2.75) is 13.0 Å². The Balaban J connectivity index is 1.77. The fourth-order valence-electron chi connectivity index (χ4n) is 2.27. The number of anilines is 1. The van der Waals surface area contributed by atoms with Crippen LogP contribution < -0.4 is 5.43 Å². The number of hydrogen-bond acceptors (Lipinski definition) is 4. The Hall–Kier alpha value is -2.14. The Kier molecular flexibility index (Phi) is 3.05. The number of rotatable bonds is 2. The van der Waals surface area contributed by atoms with Crippen LogP contribution in [0.3, 0.4) is 0 Å². The molecule has 4 nitrogen and oxygen atoms in total. The minimum absolute atomic E-state index is 0.287. The summed E-state index contributed by atoms with van der Waals surface area (Å²) in [5.41, 5.74) is 6.15. The SMILES string of the molecule is Oc1cc2c(cc1F)CCN(Nc1ccncc1)C2. The molecule has 2 heterocycles. The number of nitrogens with one attached hydrogen (secondary N) is 1. The van der Waals surface area contributed by atoms with Gasteiger partial charge in [0.25, 0.3) is 0 Å². The number of nitrogens with zero attached hydrogens (tertiary/aromatic N) is 2. The summed E-state index contributed by atoms with van der Waals surface area (Å²) in [6, 6.07) is 6.70. The van der Waals surface area contributed by atoms with Crippen LogP contribution in [0.4, 0.5) is 10.1 Å². The van der Waals surface area contributed by atoms with E-state index in [0.29, 0.717) is 6.54 Å². The van der Waals surface area contributed by atoms with E-state index in [-0.39, 0.29) is 5.75 Å². The van der Waals surface area contributed by atoms with Crippen LogP contribution in [-0.4, -0.2) is 21.6 Å². The molecule has 1 aromatic carbocycles. The molecule has 0 saturated carbocycles. The van der Waals surface area contributed by atoms with Crippen molar-refractivity contribution < 1.29 is 9.50 Å². The highest BCUT2D eigenvalue weighted by molar-refractivity contribution is 5.42. The van der Waals surface area contributed by atoms with Crippen LogP contribution in [0.15, 0.2) is 36.7 Å². The van der Waals surface area contributed by atoms with E-state index in [9.17, 15) is 9.50 Å². The summed E-state index contributed by atoms with van der Waals surface area (Å²) in [7, 11) is 0. The highest BCUT2D eigenvalue weighted by atomic mass is 19.1. The summed E-state index contributed by atoms with van der Waals surface area (Å²) in [4.78, 5) is 3.96. The molecule has 19 heavy (non-hydrogen) atoms. The molecule has 98 valence electrons. The molecule has 3 rings (SSSR count). The third-order valence-electron chi connectivity index (χ3n) is 3.25. The van der Waals surface area contributed by atoms with Crippen LogP contribution in [0.5, 0.6) is 5.75 Å². The zero-order valence-electron chi connectivity index (χ0n) is 10.3. The molecule has 0 bridgehead atoms. The third kappa shape index (κ3) is 2.51. The lowest BCUT2D eigenvalue weighted by Crippen LogP contribution is -2.35. The quantitative estimate of drug-likeness (QED) is 0.869. The third-order valence-corrected chi connectivity index (χ3v) is 3.25. The van der Waals surface area contributed by atoms with Gasteiger partial charge in [0.05, 0.1) is 5.69 Å². The van der Waals surface area contributed by atoms with Crippen LogP contribution in [0.1, 0.15) is 11.1 Å². The zero-order valence-corrected chi connectivity index (χ0v) is 10.3. The number of phenolic OH excluding ortho intramolecular Hbond substituents is 1. The second-order valence-electron chi connectivity index (χ2n) is 4.59. The van der Waals surface area contributed by atoms with Crippen LogP contribution in [0.25, 0.3) is 0 Å². The van der Waals surface area contributed by atoms with Crippen molar-refractivity contribution in [1.29, 1.82) is 0 Å². The predicted octanol–water partition coefficient (Wildman–Crippen LogP) is 2.31. The molecule has 0 amide bonds. The van der Waals surface area contributed by atoms with E-state index in [1.165, 1.54) is 12.1 Å². The topological polar surface area (TPSA) is 48.4 Å². The number of pyridine rings is 1. The van der Waals surface area contributed by atoms with E-state index in [1.54, 1.807) is 12.4 Å². The number of phenols is 1. The maximum atomic E-state index is 13.3. The molecule has 0 fully saturated rings. The lowest BCUT2D eigenvalue weighted by Gasteiger charge is -2.29. The molecular weight excluding hydrogens is 245 g/mol. The van der Waals surface area contributed by atoms with Crippen molar-refractivity contribution in [2.75, 3.05) is 12.0 Å². The van der Waals surface area contributed by atoms with Crippen molar-refractivity contribution in [3.05, 3.63) is 53.6 Å². The summed E-state index contributed by atoms with van der Waals surface area (Å²) in [5.74, 6) is -0.834. The van der Waals surface area contributed by atoms with Gasteiger partial charge in [0, 0.05) is 25.5 Å². The molecular formula is C14H14FN3O. The smallest absolute Gasteiger partial charge is 0.165 e. The van der Waals surface area contributed by atoms with Gasteiger partial charge in [-0.3, -0.25) is 4.98 Å². The monoisotopic (exact) mass is 259 g/mol. The van der Waals surface area contributed by atoms with E-state index >= 15 is 0 Å². The molecule has 1 aromatic heterocycles. The first-order valence-electron chi connectivity index (χ1n) is 6.14. The Morgan fingerprint density at radius 3 is 2.79 bits per heavy atom. The van der Waals surface area contributed by atoms with E-state index in [4.69, 9.17) is 0 Å². The normalized spacial score (nSPS) is 15.0. The van der Waals surface area contributed by atoms with Gasteiger partial charge in [0.1, 0.15) is 0 Å². The van der Waals surface area contributed by atoms with Crippen molar-refractivity contribution >= 4 is 5.69 Å². The highest BCUT2D eigenvalue weighted by Gasteiger charge is 2.18. The number of halogens is 1. The molecule has 0 unspecified atom stereocenters. The molecule has 0 aliphatic carbocycles. The molecule has 1 aliphatic rings. The van der Waals surface area contributed by atoms with E-state index < -0.39 is 5.82 Å². The average molecular weight is 259 g/mol. The second kappa shape index (κ2) is 4.85. The molecule has 5 heteroatoms. The minimum Gasteiger partial charge on any atom is -0.505 e. The Morgan fingerprint density at radius 1 is 1.21 bits per heavy atom. The first kappa shape index (κ1) is 11.9. The van der Waals surface area contributed by atoms with E-state index in [0.717, 1.165) is 29.8 Å². The summed E-state index contributed by atoms with van der Waals surface area (Å²) in [6.07, 6.45) is 4.20. The van der Waals surface area contributed by atoms with Crippen molar-refractivity contribution in [3.8, 4) is 5.75 Å². The number of hydrazine groups is 1. The standard InChI is InChI=1S/C14H14FN3O/c15-13-7-10-3-6-18(9-11(10)8-14(13)19)17-12-1-4-16-5-2-12/h1-2,4-5,7-8,19H,3,6,9H2,(H,16,17). The Labute approximate surface area is 110 Å². The fourth-order valence-corrected chi connectivity index (χ4v) is 2.27. The van der Waals surface area contributed by atoms with Gasteiger partial charge >= 0.3 is 0 Å². The van der Waals surface area contributed by atoms with Gasteiger partial charge in [-0.2, -0.15) is 0 Å². The summed E-state index contributed by atoms with van der Waals surface area (Å²) < 4.78 is 13.3. The molecule has 1 aliphatic heterocycles. The van der Waals surface area contributed by atoms with Gasteiger partial charge in [0.2, 0.25) is 0 Å². The number of aromatic nitrogens is 1. The van der Waals surface area contributed by atoms with Crippen molar-refractivity contribution in [1.82, 2.24) is 9.99 Å². The van der Waals surface area contributed by atoms with Crippen LogP contribution >= 0.6 is 0 Å². The lowest BCUT2D eigenvalue weighted by atomic mass is 10.00. The van der Waals surface area contributed by atoms with Crippen LogP contribution in [0, 0.1) is 5.82 Å². The minimum atomic E-state index is -0.547. The second-order valence-corrected chi connectivity index (χ2v) is 4.59. The summed E-state index contributed by atoms with van der Waals surface area (Å²) in [5, 5.41) is 11.5. The molecule has 0 spiro atoms. The molecule has 0 atom stereocenters. The molecule has 2 aromatic rings. The Morgan fingerprint density at radius 2 is 2.00 bits per heavy atom. The van der Waals surface area contributed by atoms with Crippen molar-refractivity contribution in [3.63, 3.8) is 0 Å². The molecule has 0 radical (unpaired) electrons. The zero-order chi connectivity index (χ0) is 13.2. The average Bonchev–Trinajstić information content (AvgIpc) is 2.42. The van der Waals surface area contributed by atoms with Gasteiger partial charge in [0.15, 0.2) is 11.6 Å². The summed E-state index contributed by atoms with van der Waals surface area (Å²) in [6.45, 7) is 1.42. The summed E-state index contributed by atoms with van der Waals surface area (Å²) >= 11 is 0. The lowest BCUT2D eigenvalue weighted by molar-refractivity contribution is 0.305. The highest BCUT2D eigenvalue weighted by Crippen LogP contribution is 2.26. The largest absolute Gasteiger partial charge is 0.505 e. The van der Waals surface area contributed by atoms with E-state index in [2.05, 4.69) is 10.4 Å². The maximum Gasteiger partial charge on any atom is 0.165 e. The van der Waals surface area contributed by atoms with E-state index in [1.807, 2.05) is 17.1 Å². The van der Waals surface area contributed by atoms with Gasteiger partial charge in [-0.25, -0.2) is 9.40 Å². The molecule has 2 N–H and O–H groups in total. The fraction of sp³-hybridized carbons (Fsp3) is 0.214. The van der Waals surface area contributed by atoms with Crippen LogP contribution in [0.2, 0.25) is 0 Å².